The van der Waals surface area contributed by atoms with Crippen LogP contribution < -0.4 is 0 Å². The van der Waals surface area contributed by atoms with Crippen molar-refractivity contribution < 1.29 is 4.79 Å². The Kier molecular flexibility index (Phi) is 5.39. The second kappa shape index (κ2) is 6.58. The lowest BCUT2D eigenvalue weighted by Crippen LogP contribution is -2.25. The minimum atomic E-state index is -0.171. The molecule has 0 amide bonds. The lowest BCUT2D eigenvalue weighted by molar-refractivity contribution is -0.127. The van der Waals surface area contributed by atoms with Gasteiger partial charge in [-0.3, -0.25) is 4.79 Å². The van der Waals surface area contributed by atoms with E-state index in [1.54, 1.807) is 12.5 Å². The van der Waals surface area contributed by atoms with Gasteiger partial charge in [-0.05, 0) is 6.42 Å². The van der Waals surface area contributed by atoms with E-state index in [0.717, 1.165) is 19.4 Å². The first-order valence-corrected chi connectivity index (χ1v) is 6.55. The maximum atomic E-state index is 12.1. The van der Waals surface area contributed by atoms with E-state index >= 15 is 0 Å². The minimum absolute atomic E-state index is 0.171. The molecule has 17 heavy (non-hydrogen) atoms. The van der Waals surface area contributed by atoms with Crippen LogP contribution in [0.25, 0.3) is 0 Å². The largest absolute Gasteiger partial charge is 0.337 e. The number of carbonyl (C=O) groups excluding carboxylic acids is 1. The van der Waals surface area contributed by atoms with Crippen LogP contribution in [0.2, 0.25) is 0 Å². The second-order valence-corrected chi connectivity index (χ2v) is 5.31. The van der Waals surface area contributed by atoms with Crippen molar-refractivity contribution in [3.63, 3.8) is 0 Å². The highest BCUT2D eigenvalue weighted by atomic mass is 16.1. The number of Topliss-reactive ketones (excluding diaryl/α,β-unsaturated/α-hetero) is 1. The van der Waals surface area contributed by atoms with Gasteiger partial charge < -0.3 is 4.57 Å². The molecule has 1 aromatic rings. The summed E-state index contributed by atoms with van der Waals surface area (Å²) >= 11 is 0. The number of unbranched alkanes of at least 4 members (excludes halogenated alkanes) is 2. The Morgan fingerprint density at radius 2 is 2.12 bits per heavy atom. The van der Waals surface area contributed by atoms with Crippen molar-refractivity contribution in [1.29, 1.82) is 0 Å². The van der Waals surface area contributed by atoms with Gasteiger partial charge in [-0.25, -0.2) is 4.98 Å². The molecule has 0 bridgehead atoms. The van der Waals surface area contributed by atoms with Gasteiger partial charge in [0.25, 0.3) is 0 Å². The zero-order chi connectivity index (χ0) is 12.7. The van der Waals surface area contributed by atoms with Crippen molar-refractivity contribution in [3.05, 3.63) is 18.7 Å². The molecule has 0 aromatic carbocycles. The van der Waals surface area contributed by atoms with E-state index < -0.39 is 0 Å². The number of ketones is 1. The smallest absolute Gasteiger partial charge is 0.140 e. The highest BCUT2D eigenvalue weighted by molar-refractivity contribution is 5.83. The first-order chi connectivity index (χ1) is 8.06. The summed E-state index contributed by atoms with van der Waals surface area (Å²) in [6.45, 7) is 7.07. The predicted octanol–water partition coefficient (Wildman–Crippen LogP) is 3.45. The molecule has 1 rings (SSSR count). The molecule has 1 aromatic heterocycles. The lowest BCUT2D eigenvalue weighted by atomic mass is 9.81. The van der Waals surface area contributed by atoms with Gasteiger partial charge in [0, 0.05) is 30.8 Å². The van der Waals surface area contributed by atoms with Crippen molar-refractivity contribution in [3.8, 4) is 0 Å². The summed E-state index contributed by atoms with van der Waals surface area (Å²) in [4.78, 5) is 16.1. The van der Waals surface area contributed by atoms with Crippen LogP contribution >= 0.6 is 0 Å². The molecular weight excluding hydrogens is 212 g/mol. The summed E-state index contributed by atoms with van der Waals surface area (Å²) in [7, 11) is 0. The van der Waals surface area contributed by atoms with Gasteiger partial charge >= 0.3 is 0 Å². The van der Waals surface area contributed by atoms with E-state index in [2.05, 4.69) is 25.8 Å². The molecule has 0 spiro atoms. The number of aromatic nitrogens is 2. The molecule has 0 N–H and O–H groups in total. The zero-order valence-electron chi connectivity index (χ0n) is 11.3. The van der Waals surface area contributed by atoms with Crippen molar-refractivity contribution in [1.82, 2.24) is 9.55 Å². The fraction of sp³-hybridized carbons (Fsp3) is 0.714. The van der Waals surface area contributed by atoms with Gasteiger partial charge in [0.1, 0.15) is 5.78 Å². The summed E-state index contributed by atoms with van der Waals surface area (Å²) in [6.07, 6.45) is 10.6. The van der Waals surface area contributed by atoms with Crippen molar-refractivity contribution in [2.24, 2.45) is 5.41 Å². The van der Waals surface area contributed by atoms with E-state index in [9.17, 15) is 4.79 Å². The molecule has 0 radical (unpaired) electrons. The molecule has 0 saturated carbocycles. The second-order valence-electron chi connectivity index (χ2n) is 5.31. The Labute approximate surface area is 104 Å². The third kappa shape index (κ3) is 4.72. The van der Waals surface area contributed by atoms with Gasteiger partial charge in [-0.2, -0.15) is 0 Å². The molecule has 0 aliphatic carbocycles. The van der Waals surface area contributed by atoms with Crippen LogP contribution in [0.15, 0.2) is 18.7 Å². The Morgan fingerprint density at radius 3 is 2.71 bits per heavy atom. The molecule has 0 aliphatic rings. The molecule has 0 unspecified atom stereocenters. The van der Waals surface area contributed by atoms with Crippen molar-refractivity contribution in [2.45, 2.75) is 59.4 Å². The molecule has 0 fully saturated rings. The van der Waals surface area contributed by atoms with Gasteiger partial charge in [0.05, 0.1) is 6.33 Å². The van der Waals surface area contributed by atoms with Crippen LogP contribution in [-0.4, -0.2) is 15.3 Å². The quantitative estimate of drug-likeness (QED) is 0.648. The van der Waals surface area contributed by atoms with Crippen LogP contribution in [-0.2, 0) is 11.3 Å². The number of hydrogen-bond donors (Lipinski definition) is 0. The summed E-state index contributed by atoms with van der Waals surface area (Å²) in [5, 5.41) is 0. The molecule has 3 heteroatoms. The van der Waals surface area contributed by atoms with Gasteiger partial charge in [-0.1, -0.05) is 40.0 Å². The zero-order valence-corrected chi connectivity index (χ0v) is 11.3. The van der Waals surface area contributed by atoms with E-state index in [1.807, 2.05) is 10.8 Å². The molecule has 3 nitrogen and oxygen atoms in total. The van der Waals surface area contributed by atoms with Crippen LogP contribution in [0.1, 0.15) is 52.9 Å². The number of rotatable bonds is 8. The molecule has 96 valence electrons. The van der Waals surface area contributed by atoms with E-state index in [-0.39, 0.29) is 5.41 Å². The predicted molar refractivity (Wildman–Crippen MR) is 69.8 cm³/mol. The average Bonchev–Trinajstić information content (AvgIpc) is 2.78. The molecule has 0 saturated heterocycles. The maximum absolute atomic E-state index is 12.1. The number of nitrogens with zero attached hydrogens (tertiary/aromatic N) is 2. The summed E-state index contributed by atoms with van der Waals surface area (Å²) < 4.78 is 1.96. The summed E-state index contributed by atoms with van der Waals surface area (Å²) in [5.41, 5.74) is -0.171. The summed E-state index contributed by atoms with van der Waals surface area (Å²) in [6, 6.07) is 0. The van der Waals surface area contributed by atoms with Crippen LogP contribution in [0, 0.1) is 5.41 Å². The monoisotopic (exact) mass is 236 g/mol. The van der Waals surface area contributed by atoms with Gasteiger partial charge in [-0.15, -0.1) is 0 Å². The van der Waals surface area contributed by atoms with E-state index in [1.165, 1.54) is 12.8 Å². The normalized spacial score (nSPS) is 11.7. The molecule has 1 heterocycles. The average molecular weight is 236 g/mol. The van der Waals surface area contributed by atoms with Gasteiger partial charge in [0.15, 0.2) is 0 Å². The minimum Gasteiger partial charge on any atom is -0.337 e. The fourth-order valence-corrected chi connectivity index (χ4v) is 1.94. The highest BCUT2D eigenvalue weighted by Crippen LogP contribution is 2.26. The van der Waals surface area contributed by atoms with E-state index in [0.29, 0.717) is 12.2 Å². The van der Waals surface area contributed by atoms with E-state index in [4.69, 9.17) is 0 Å². The third-order valence-electron chi connectivity index (χ3n) is 3.32. The maximum Gasteiger partial charge on any atom is 0.140 e. The lowest BCUT2D eigenvalue weighted by Gasteiger charge is -2.23. The SMILES string of the molecule is CCCCCC(C)(C)C(=O)CCn1ccnc1. The fourth-order valence-electron chi connectivity index (χ4n) is 1.94. The number of carbonyl (C=O) groups is 1. The molecule has 0 aliphatic heterocycles. The first kappa shape index (κ1) is 13.9. The standard InChI is InChI=1S/C14H24N2O/c1-4-5-6-8-14(2,3)13(17)7-10-16-11-9-15-12-16/h9,11-12H,4-8,10H2,1-3H3. The topological polar surface area (TPSA) is 34.9 Å². The highest BCUT2D eigenvalue weighted by Gasteiger charge is 2.25. The van der Waals surface area contributed by atoms with Crippen LogP contribution in [0.4, 0.5) is 0 Å². The van der Waals surface area contributed by atoms with Crippen LogP contribution in [0.5, 0.6) is 0 Å². The van der Waals surface area contributed by atoms with Gasteiger partial charge in [0.2, 0.25) is 0 Å². The number of hydrogen-bond acceptors (Lipinski definition) is 2. The summed E-state index contributed by atoms with van der Waals surface area (Å²) in [5.74, 6) is 0.363. The van der Waals surface area contributed by atoms with Crippen molar-refractivity contribution in [2.75, 3.05) is 0 Å². The molecule has 0 atom stereocenters. The number of imidazole rings is 1. The molecular formula is C14H24N2O. The number of aryl methyl sites for hydroxylation is 1. The Balaban J connectivity index is 2.34. The third-order valence-corrected chi connectivity index (χ3v) is 3.32. The Morgan fingerprint density at radius 1 is 1.35 bits per heavy atom. The Bertz CT molecular complexity index is 328. The Hall–Kier alpha value is -1.12. The first-order valence-electron chi connectivity index (χ1n) is 6.55. The van der Waals surface area contributed by atoms with Crippen molar-refractivity contribution >= 4 is 5.78 Å². The van der Waals surface area contributed by atoms with Crippen LogP contribution in [0.3, 0.4) is 0 Å².